The molecule has 0 aromatic heterocycles. The summed E-state index contributed by atoms with van der Waals surface area (Å²) in [6, 6.07) is 11.1. The van der Waals surface area contributed by atoms with E-state index in [1.165, 1.54) is 12.1 Å². The third kappa shape index (κ3) is 5.15. The van der Waals surface area contributed by atoms with E-state index in [9.17, 15) is 18.0 Å². The smallest absolute Gasteiger partial charge is 0.405 e. The van der Waals surface area contributed by atoms with E-state index in [2.05, 4.69) is 9.73 Å². The Morgan fingerprint density at radius 1 is 1.18 bits per heavy atom. The van der Waals surface area contributed by atoms with Crippen molar-refractivity contribution >= 4 is 23.5 Å². The largest absolute Gasteiger partial charge is 0.573 e. The average molecular weight is 496 g/mol. The molecule has 2 aromatic rings. The molecular weight excluding hydrogens is 471 g/mol. The summed E-state index contributed by atoms with van der Waals surface area (Å²) < 4.78 is 48.0. The molecule has 0 saturated carbocycles. The maximum absolute atomic E-state index is 13.1. The maximum atomic E-state index is 13.1. The van der Waals surface area contributed by atoms with Crippen LogP contribution in [-0.4, -0.2) is 42.4 Å². The monoisotopic (exact) mass is 495 g/mol. The predicted molar refractivity (Wildman–Crippen MR) is 122 cm³/mol. The van der Waals surface area contributed by atoms with Crippen LogP contribution < -0.4 is 10.5 Å². The summed E-state index contributed by atoms with van der Waals surface area (Å²) in [5.74, 6) is -0.298. The maximum Gasteiger partial charge on any atom is 0.573 e. The zero-order valence-corrected chi connectivity index (χ0v) is 19.3. The van der Waals surface area contributed by atoms with E-state index in [4.69, 9.17) is 22.1 Å². The molecule has 0 aliphatic carbocycles. The summed E-state index contributed by atoms with van der Waals surface area (Å²) in [5.41, 5.74) is 6.76. The number of nitrogens with two attached hydrogens (primary N) is 1. The molecule has 182 valence electrons. The summed E-state index contributed by atoms with van der Waals surface area (Å²) in [7, 11) is 0. The van der Waals surface area contributed by atoms with Gasteiger partial charge in [-0.05, 0) is 42.5 Å². The first-order valence-corrected chi connectivity index (χ1v) is 11.3. The predicted octanol–water partition coefficient (Wildman–Crippen LogP) is 4.77. The third-order valence-electron chi connectivity index (χ3n) is 6.17. The Balaban J connectivity index is 1.64. The first-order valence-electron chi connectivity index (χ1n) is 10.9. The topological polar surface area (TPSA) is 77.1 Å². The highest BCUT2D eigenvalue weighted by Gasteiger charge is 2.41. The molecular formula is C24H25ClF3N3O3. The van der Waals surface area contributed by atoms with Gasteiger partial charge in [-0.2, -0.15) is 0 Å². The molecule has 1 amide bonds. The second-order valence-corrected chi connectivity index (χ2v) is 9.02. The number of rotatable bonds is 5. The highest BCUT2D eigenvalue weighted by Crippen LogP contribution is 2.40. The molecule has 1 fully saturated rings. The number of nitrogens with zero attached hydrogens (tertiary/aromatic N) is 2. The zero-order chi connectivity index (χ0) is 24.5. The lowest BCUT2D eigenvalue weighted by Crippen LogP contribution is -2.55. The number of para-hydroxylation sites is 1. The van der Waals surface area contributed by atoms with E-state index >= 15 is 0 Å². The molecule has 2 N–H and O–H groups in total. The van der Waals surface area contributed by atoms with E-state index in [-0.39, 0.29) is 36.5 Å². The Morgan fingerprint density at radius 2 is 1.85 bits per heavy atom. The molecule has 6 nitrogen and oxygen atoms in total. The van der Waals surface area contributed by atoms with E-state index in [0.29, 0.717) is 47.8 Å². The van der Waals surface area contributed by atoms with Crippen LogP contribution in [0.2, 0.25) is 5.02 Å². The average Bonchev–Trinajstić information content (AvgIpc) is 2.75. The second-order valence-electron chi connectivity index (χ2n) is 8.64. The summed E-state index contributed by atoms with van der Waals surface area (Å²) in [6.07, 6.45) is -3.25. The number of amides is 1. The molecule has 0 bridgehead atoms. The lowest BCUT2D eigenvalue weighted by molar-refractivity contribution is -0.274. The van der Waals surface area contributed by atoms with Crippen LogP contribution in [0, 0.1) is 0 Å². The fourth-order valence-corrected chi connectivity index (χ4v) is 4.95. The van der Waals surface area contributed by atoms with Crippen molar-refractivity contribution in [3.8, 4) is 5.75 Å². The van der Waals surface area contributed by atoms with Crippen molar-refractivity contribution in [2.45, 2.75) is 50.6 Å². The van der Waals surface area contributed by atoms with Crippen molar-refractivity contribution in [3.05, 3.63) is 64.2 Å². The van der Waals surface area contributed by atoms with E-state index in [0.717, 1.165) is 0 Å². The summed E-state index contributed by atoms with van der Waals surface area (Å²) in [5, 5.41) is 0.329. The van der Waals surface area contributed by atoms with Gasteiger partial charge in [-0.3, -0.25) is 9.69 Å². The van der Waals surface area contributed by atoms with Crippen molar-refractivity contribution in [3.63, 3.8) is 0 Å². The zero-order valence-electron chi connectivity index (χ0n) is 18.6. The first kappa shape index (κ1) is 24.3. The van der Waals surface area contributed by atoms with Gasteiger partial charge in [0.2, 0.25) is 5.91 Å². The third-order valence-corrected chi connectivity index (χ3v) is 6.61. The van der Waals surface area contributed by atoms with Gasteiger partial charge in [-0.25, -0.2) is 4.99 Å². The highest BCUT2D eigenvalue weighted by atomic mass is 35.5. The standard InChI is InChI=1S/C24H25ClF3N3O3/c1-23(14-20(32)31(22(29)30-23)17-9-11-33-12-10-17)18-7-4-6-16(21(18)25)13-15-5-2-3-8-19(15)34-24(26,27)28/h2-8,17H,9-14H2,1H3,(H2,29,30)/t23-/m0/s1. The van der Waals surface area contributed by atoms with Gasteiger partial charge in [0.25, 0.3) is 0 Å². The Kier molecular flexibility index (Phi) is 6.78. The molecule has 1 atom stereocenters. The number of hydrogen-bond donors (Lipinski definition) is 1. The Labute approximate surface area is 200 Å². The molecule has 2 aliphatic heterocycles. The van der Waals surface area contributed by atoms with Crippen LogP contribution >= 0.6 is 11.6 Å². The molecule has 34 heavy (non-hydrogen) atoms. The number of benzene rings is 2. The van der Waals surface area contributed by atoms with Gasteiger partial charge < -0.3 is 15.2 Å². The quantitative estimate of drug-likeness (QED) is 0.648. The molecule has 2 aromatic carbocycles. The fraction of sp³-hybridized carbons (Fsp3) is 0.417. The van der Waals surface area contributed by atoms with Crippen molar-refractivity contribution in [1.29, 1.82) is 0 Å². The van der Waals surface area contributed by atoms with Crippen LogP contribution in [0.1, 0.15) is 42.9 Å². The number of guanidine groups is 1. The van der Waals surface area contributed by atoms with Crippen molar-refractivity contribution in [1.82, 2.24) is 4.90 Å². The minimum Gasteiger partial charge on any atom is -0.405 e. The Hall–Kier alpha value is -2.78. The van der Waals surface area contributed by atoms with Crippen molar-refractivity contribution < 1.29 is 27.4 Å². The minimum absolute atomic E-state index is 0.0542. The Bertz CT molecular complexity index is 1100. The fourth-order valence-electron chi connectivity index (χ4n) is 4.55. The SMILES string of the molecule is C[C@@]1(c2cccc(Cc3ccccc3OC(F)(F)F)c2Cl)CC(=O)N(C2CCOCC2)C(N)=N1. The normalized spacial score (nSPS) is 22.0. The Morgan fingerprint density at radius 3 is 2.53 bits per heavy atom. The van der Waals surface area contributed by atoms with Crippen LogP contribution in [-0.2, 0) is 21.5 Å². The number of carbonyl (C=O) groups is 1. The van der Waals surface area contributed by atoms with Crippen LogP contribution in [0.25, 0.3) is 0 Å². The molecule has 10 heteroatoms. The van der Waals surface area contributed by atoms with Gasteiger partial charge in [0, 0.05) is 30.7 Å². The van der Waals surface area contributed by atoms with Gasteiger partial charge in [0.05, 0.1) is 12.0 Å². The molecule has 2 aliphatic rings. The lowest BCUT2D eigenvalue weighted by atomic mass is 9.85. The molecule has 4 rings (SSSR count). The first-order chi connectivity index (χ1) is 16.1. The van der Waals surface area contributed by atoms with Gasteiger partial charge in [0.15, 0.2) is 5.96 Å². The number of carbonyl (C=O) groups excluding carboxylic acids is 1. The van der Waals surface area contributed by atoms with E-state index < -0.39 is 11.9 Å². The van der Waals surface area contributed by atoms with Crippen molar-refractivity contribution in [2.75, 3.05) is 13.2 Å². The number of halogens is 4. The molecule has 2 heterocycles. The minimum atomic E-state index is -4.81. The number of aliphatic imine (C=N–C) groups is 1. The molecule has 0 spiro atoms. The van der Waals surface area contributed by atoms with Gasteiger partial charge >= 0.3 is 6.36 Å². The summed E-state index contributed by atoms with van der Waals surface area (Å²) in [6.45, 7) is 2.91. The molecule has 0 unspecified atom stereocenters. The van der Waals surface area contributed by atoms with Crippen LogP contribution in [0.3, 0.4) is 0 Å². The number of ether oxygens (including phenoxy) is 2. The number of hydrogen-bond acceptors (Lipinski definition) is 5. The van der Waals surface area contributed by atoms with Gasteiger partial charge in [-0.15, -0.1) is 13.2 Å². The van der Waals surface area contributed by atoms with E-state index in [1.54, 1.807) is 42.2 Å². The highest BCUT2D eigenvalue weighted by molar-refractivity contribution is 6.32. The van der Waals surface area contributed by atoms with Gasteiger partial charge in [0.1, 0.15) is 5.75 Å². The van der Waals surface area contributed by atoms with Gasteiger partial charge in [-0.1, -0.05) is 48.0 Å². The van der Waals surface area contributed by atoms with Crippen LogP contribution in [0.5, 0.6) is 5.75 Å². The molecule has 1 saturated heterocycles. The second kappa shape index (κ2) is 9.46. The van der Waals surface area contributed by atoms with Crippen LogP contribution in [0.15, 0.2) is 47.5 Å². The van der Waals surface area contributed by atoms with Crippen molar-refractivity contribution in [2.24, 2.45) is 10.7 Å². The lowest BCUT2D eigenvalue weighted by Gasteiger charge is -2.40. The summed E-state index contributed by atoms with van der Waals surface area (Å²) >= 11 is 6.73. The molecule has 0 radical (unpaired) electrons. The number of alkyl halides is 3. The summed E-state index contributed by atoms with van der Waals surface area (Å²) in [4.78, 5) is 19.3. The van der Waals surface area contributed by atoms with E-state index in [1.807, 2.05) is 0 Å². The van der Waals surface area contributed by atoms with Crippen LogP contribution in [0.4, 0.5) is 13.2 Å².